The van der Waals surface area contributed by atoms with Crippen LogP contribution in [0, 0.1) is 0 Å². The third-order valence-corrected chi connectivity index (χ3v) is 3.35. The largest absolute Gasteiger partial charge is 0.476 e. The molecule has 0 aromatic carbocycles. The van der Waals surface area contributed by atoms with Crippen LogP contribution in [0.1, 0.15) is 25.9 Å². The Morgan fingerprint density at radius 2 is 2.20 bits per heavy atom. The lowest BCUT2D eigenvalue weighted by Gasteiger charge is -2.03. The fourth-order valence-corrected chi connectivity index (χ4v) is 2.22. The summed E-state index contributed by atoms with van der Waals surface area (Å²) in [6.45, 7) is 0.371. The van der Waals surface area contributed by atoms with Gasteiger partial charge < -0.3 is 16.2 Å². The highest BCUT2D eigenvalue weighted by atomic mass is 32.1. The lowest BCUT2D eigenvalue weighted by molar-refractivity contribution is 0.0690. The molecule has 0 atom stereocenters. The van der Waals surface area contributed by atoms with Gasteiger partial charge in [0.1, 0.15) is 5.82 Å². The number of rotatable bonds is 5. The predicted molar refractivity (Wildman–Crippen MR) is 73.8 cm³/mol. The number of carbonyl (C=O) groups excluding carboxylic acids is 1. The Hall–Kier alpha value is -2.48. The molecule has 7 nitrogen and oxygen atoms in total. The molecule has 20 heavy (non-hydrogen) atoms. The van der Waals surface area contributed by atoms with Crippen molar-refractivity contribution in [1.82, 2.24) is 15.3 Å². The molecule has 104 valence electrons. The van der Waals surface area contributed by atoms with Gasteiger partial charge in [-0.2, -0.15) is 0 Å². The van der Waals surface area contributed by atoms with Gasteiger partial charge in [0.15, 0.2) is 5.69 Å². The van der Waals surface area contributed by atoms with Gasteiger partial charge >= 0.3 is 5.97 Å². The number of thiazole rings is 1. The summed E-state index contributed by atoms with van der Waals surface area (Å²) in [4.78, 5) is 30.2. The van der Waals surface area contributed by atoms with Crippen LogP contribution in [-0.2, 0) is 6.42 Å². The summed E-state index contributed by atoms with van der Waals surface area (Å²) < 4.78 is 0. The van der Waals surface area contributed by atoms with Gasteiger partial charge in [-0.25, -0.2) is 14.8 Å². The van der Waals surface area contributed by atoms with Crippen molar-refractivity contribution in [3.63, 3.8) is 0 Å². The number of nitrogens with two attached hydrogens (primary N) is 1. The minimum Gasteiger partial charge on any atom is -0.476 e. The van der Waals surface area contributed by atoms with Crippen LogP contribution < -0.4 is 11.1 Å². The van der Waals surface area contributed by atoms with Crippen LogP contribution in [0.5, 0.6) is 0 Å². The van der Waals surface area contributed by atoms with E-state index in [1.165, 1.54) is 22.9 Å². The van der Waals surface area contributed by atoms with E-state index in [0.717, 1.165) is 0 Å². The van der Waals surface area contributed by atoms with E-state index in [1.807, 2.05) is 0 Å². The van der Waals surface area contributed by atoms with E-state index in [0.29, 0.717) is 29.4 Å². The number of hydrogen-bond donors (Lipinski definition) is 3. The van der Waals surface area contributed by atoms with E-state index < -0.39 is 5.97 Å². The van der Waals surface area contributed by atoms with E-state index in [1.54, 1.807) is 12.1 Å². The smallest absolute Gasteiger partial charge is 0.355 e. The minimum absolute atomic E-state index is 0.0269. The maximum absolute atomic E-state index is 11.8. The van der Waals surface area contributed by atoms with Crippen molar-refractivity contribution in [2.45, 2.75) is 6.42 Å². The standard InChI is InChI=1S/C12H12N4O3S/c13-9-2-1-7(5-15-9)11(17)14-4-3-10-16-8(6-20-10)12(18)19/h1-2,5-6H,3-4H2,(H2,13,15)(H,14,17)(H,18,19). The zero-order valence-electron chi connectivity index (χ0n) is 10.4. The van der Waals surface area contributed by atoms with Gasteiger partial charge in [0, 0.05) is 24.5 Å². The van der Waals surface area contributed by atoms with Crippen LogP contribution in [0.2, 0.25) is 0 Å². The first kappa shape index (κ1) is 13.9. The van der Waals surface area contributed by atoms with Crippen LogP contribution >= 0.6 is 11.3 Å². The molecule has 8 heteroatoms. The Morgan fingerprint density at radius 1 is 1.40 bits per heavy atom. The fourth-order valence-electron chi connectivity index (χ4n) is 1.45. The summed E-state index contributed by atoms with van der Waals surface area (Å²) in [7, 11) is 0. The number of nitrogens with one attached hydrogen (secondary N) is 1. The number of carbonyl (C=O) groups is 2. The highest BCUT2D eigenvalue weighted by Crippen LogP contribution is 2.10. The molecule has 2 aromatic rings. The van der Waals surface area contributed by atoms with Crippen LogP contribution in [0.15, 0.2) is 23.7 Å². The monoisotopic (exact) mass is 292 g/mol. The van der Waals surface area contributed by atoms with Crippen LogP contribution in [0.25, 0.3) is 0 Å². The van der Waals surface area contributed by atoms with Gasteiger partial charge in [0.05, 0.1) is 10.6 Å². The second-order valence-electron chi connectivity index (χ2n) is 3.91. The normalized spacial score (nSPS) is 10.2. The Balaban J connectivity index is 1.84. The Bertz CT molecular complexity index is 624. The molecular formula is C12H12N4O3S. The summed E-state index contributed by atoms with van der Waals surface area (Å²) in [5.74, 6) is -0.956. The second kappa shape index (κ2) is 6.11. The Labute approximate surface area is 118 Å². The lowest BCUT2D eigenvalue weighted by atomic mass is 10.2. The van der Waals surface area contributed by atoms with Crippen LogP contribution in [-0.4, -0.2) is 33.5 Å². The van der Waals surface area contributed by atoms with Gasteiger partial charge in [0.25, 0.3) is 5.91 Å². The van der Waals surface area contributed by atoms with E-state index in [4.69, 9.17) is 10.8 Å². The quantitative estimate of drug-likeness (QED) is 0.749. The number of nitrogens with zero attached hydrogens (tertiary/aromatic N) is 2. The van der Waals surface area contributed by atoms with Gasteiger partial charge in [-0.1, -0.05) is 0 Å². The van der Waals surface area contributed by atoms with E-state index >= 15 is 0 Å². The van der Waals surface area contributed by atoms with E-state index in [2.05, 4.69) is 15.3 Å². The summed E-state index contributed by atoms with van der Waals surface area (Å²) in [5, 5.41) is 13.6. The number of carboxylic acid groups (broad SMARTS) is 1. The Morgan fingerprint density at radius 3 is 2.80 bits per heavy atom. The van der Waals surface area contributed by atoms with Gasteiger partial charge in [-0.05, 0) is 12.1 Å². The Kier molecular flexibility index (Phi) is 4.26. The molecule has 0 spiro atoms. The minimum atomic E-state index is -1.05. The van der Waals surface area contributed by atoms with Crippen molar-refractivity contribution >= 4 is 29.0 Å². The molecule has 0 bridgehead atoms. The molecule has 0 aliphatic heterocycles. The van der Waals surface area contributed by atoms with Crippen molar-refractivity contribution in [2.75, 3.05) is 12.3 Å². The molecule has 0 aliphatic rings. The molecule has 2 heterocycles. The number of aromatic nitrogens is 2. The number of amides is 1. The number of carboxylic acids is 1. The maximum atomic E-state index is 11.8. The third-order valence-electron chi connectivity index (χ3n) is 2.44. The molecule has 2 rings (SSSR count). The highest BCUT2D eigenvalue weighted by Gasteiger charge is 2.09. The molecular weight excluding hydrogens is 280 g/mol. The molecule has 1 amide bonds. The fraction of sp³-hybridized carbons (Fsp3) is 0.167. The number of aromatic carboxylic acids is 1. The molecule has 0 saturated heterocycles. The molecule has 0 fully saturated rings. The summed E-state index contributed by atoms with van der Waals surface area (Å²) in [5.41, 5.74) is 5.88. The van der Waals surface area contributed by atoms with Crippen LogP contribution in [0.4, 0.5) is 5.82 Å². The average Bonchev–Trinajstić information content (AvgIpc) is 2.88. The zero-order chi connectivity index (χ0) is 14.5. The van der Waals surface area contributed by atoms with Gasteiger partial charge in [-0.3, -0.25) is 4.79 Å². The van der Waals surface area contributed by atoms with Gasteiger partial charge in [-0.15, -0.1) is 11.3 Å². The van der Waals surface area contributed by atoms with E-state index in [-0.39, 0.29) is 11.6 Å². The molecule has 0 aliphatic carbocycles. The highest BCUT2D eigenvalue weighted by molar-refractivity contribution is 7.09. The van der Waals surface area contributed by atoms with Crippen molar-refractivity contribution in [3.05, 3.63) is 40.0 Å². The summed E-state index contributed by atoms with van der Waals surface area (Å²) >= 11 is 1.26. The topological polar surface area (TPSA) is 118 Å². The van der Waals surface area contributed by atoms with Crippen molar-refractivity contribution in [3.8, 4) is 0 Å². The van der Waals surface area contributed by atoms with Crippen molar-refractivity contribution in [1.29, 1.82) is 0 Å². The zero-order valence-corrected chi connectivity index (χ0v) is 11.2. The number of hydrogen-bond acceptors (Lipinski definition) is 6. The molecule has 4 N–H and O–H groups in total. The lowest BCUT2D eigenvalue weighted by Crippen LogP contribution is -2.25. The first-order valence-electron chi connectivity index (χ1n) is 5.73. The van der Waals surface area contributed by atoms with E-state index in [9.17, 15) is 9.59 Å². The molecule has 0 unspecified atom stereocenters. The summed E-state index contributed by atoms with van der Waals surface area (Å²) in [6.07, 6.45) is 1.88. The summed E-state index contributed by atoms with van der Waals surface area (Å²) in [6, 6.07) is 3.14. The first-order chi connectivity index (χ1) is 9.56. The number of nitrogen functional groups attached to an aromatic ring is 1. The molecule has 0 saturated carbocycles. The average molecular weight is 292 g/mol. The molecule has 0 radical (unpaired) electrons. The molecule has 2 aromatic heterocycles. The number of anilines is 1. The van der Waals surface area contributed by atoms with Crippen LogP contribution in [0.3, 0.4) is 0 Å². The third kappa shape index (κ3) is 3.51. The number of pyridine rings is 1. The van der Waals surface area contributed by atoms with Crippen molar-refractivity contribution in [2.24, 2.45) is 0 Å². The predicted octanol–water partition coefficient (Wildman–Crippen LogP) is 0.791. The maximum Gasteiger partial charge on any atom is 0.355 e. The van der Waals surface area contributed by atoms with Gasteiger partial charge in [0.2, 0.25) is 0 Å². The SMILES string of the molecule is Nc1ccc(C(=O)NCCc2nc(C(=O)O)cs2)cn1. The first-order valence-corrected chi connectivity index (χ1v) is 6.61. The second-order valence-corrected chi connectivity index (χ2v) is 4.85. The van der Waals surface area contributed by atoms with Crippen molar-refractivity contribution < 1.29 is 14.7 Å².